The van der Waals surface area contributed by atoms with Gasteiger partial charge < -0.3 is 24.2 Å². The highest BCUT2D eigenvalue weighted by Gasteiger charge is 2.28. The van der Waals surface area contributed by atoms with Crippen LogP contribution in [0.3, 0.4) is 0 Å². The Kier molecular flexibility index (Phi) is 60.0. The highest BCUT2D eigenvalue weighted by molar-refractivity contribution is 7.47. The lowest BCUT2D eigenvalue weighted by Crippen LogP contribution is -2.30. The number of ether oxygens (including phenoxy) is 3. The van der Waals surface area contributed by atoms with E-state index in [-0.39, 0.29) is 25.9 Å². The molecule has 0 saturated heterocycles. The maximum Gasteiger partial charge on any atom is 0.472 e. The standard InChI is InChI=1S/C68H123O11P/c1-4-7-10-13-16-19-22-25-28-30-32-34-37-39-42-45-48-51-54-57-66(70)75-61-65(79-68(72)59-56-53-50-47-44-41-38-35-33-31-29-26-23-20-17-14-11-8-5-2)63-77-80(73,74)76-62-64(60-69)78-67(71)58-55-52-49-46-43-40-36-27-24-21-18-15-12-9-6-3/h16-17,19-20,25-29,36,64-65,69H,4-15,18,21-24,30-35,37-63H2,1-3H3,(H,73,74)/b19-16-,20-17-,28-25-,29-26-,36-27-. The molecule has 0 fully saturated rings. The van der Waals surface area contributed by atoms with Crippen molar-refractivity contribution in [2.75, 3.05) is 26.4 Å². The molecule has 0 aliphatic rings. The van der Waals surface area contributed by atoms with Crippen molar-refractivity contribution in [3.63, 3.8) is 0 Å². The van der Waals surface area contributed by atoms with E-state index in [9.17, 15) is 28.9 Å². The average Bonchev–Trinajstić information content (AvgIpc) is 3.45. The van der Waals surface area contributed by atoms with Crippen LogP contribution in [0.25, 0.3) is 0 Å². The number of phosphoric ester groups is 1. The van der Waals surface area contributed by atoms with Crippen molar-refractivity contribution in [1.29, 1.82) is 0 Å². The molecule has 0 heterocycles. The van der Waals surface area contributed by atoms with Crippen molar-refractivity contribution in [2.45, 2.75) is 328 Å². The molecule has 0 aromatic heterocycles. The third-order valence-electron chi connectivity index (χ3n) is 14.4. The fraction of sp³-hybridized carbons (Fsp3) is 0.809. The van der Waals surface area contributed by atoms with Crippen LogP contribution >= 0.6 is 7.82 Å². The molecule has 0 spiro atoms. The minimum Gasteiger partial charge on any atom is -0.462 e. The molecule has 466 valence electrons. The van der Waals surface area contributed by atoms with Crippen LogP contribution in [0, 0.1) is 0 Å². The Balaban J connectivity index is 4.70. The third kappa shape index (κ3) is 59.8. The maximum atomic E-state index is 13.0. The first kappa shape index (κ1) is 77.2. The molecule has 0 saturated carbocycles. The monoisotopic (exact) mass is 1150 g/mol. The van der Waals surface area contributed by atoms with Gasteiger partial charge in [0.25, 0.3) is 0 Å². The van der Waals surface area contributed by atoms with Crippen LogP contribution in [0.1, 0.15) is 316 Å². The zero-order valence-electron chi connectivity index (χ0n) is 51.8. The van der Waals surface area contributed by atoms with Crippen molar-refractivity contribution in [3.05, 3.63) is 60.8 Å². The van der Waals surface area contributed by atoms with Crippen LogP contribution in [0.5, 0.6) is 0 Å². The van der Waals surface area contributed by atoms with Gasteiger partial charge in [-0.25, -0.2) is 4.57 Å². The Morgan fingerprint density at radius 3 is 0.963 bits per heavy atom. The molecule has 0 rings (SSSR count). The van der Waals surface area contributed by atoms with E-state index in [2.05, 4.69) is 81.5 Å². The van der Waals surface area contributed by atoms with Gasteiger partial charge in [0.15, 0.2) is 6.10 Å². The number of hydrogen-bond acceptors (Lipinski definition) is 10. The Morgan fingerprint density at radius 1 is 0.350 bits per heavy atom. The minimum absolute atomic E-state index is 0.162. The van der Waals surface area contributed by atoms with Crippen molar-refractivity contribution < 1.29 is 52.2 Å². The second-order valence-electron chi connectivity index (χ2n) is 22.3. The fourth-order valence-electron chi connectivity index (χ4n) is 9.30. The smallest absolute Gasteiger partial charge is 0.462 e. The van der Waals surface area contributed by atoms with Gasteiger partial charge in [0.2, 0.25) is 0 Å². The van der Waals surface area contributed by atoms with Crippen LogP contribution < -0.4 is 0 Å². The van der Waals surface area contributed by atoms with E-state index in [1.165, 1.54) is 154 Å². The zero-order chi connectivity index (χ0) is 58.3. The second-order valence-corrected chi connectivity index (χ2v) is 23.7. The van der Waals surface area contributed by atoms with Gasteiger partial charge in [-0.05, 0) is 109 Å². The number of phosphoric acid groups is 1. The van der Waals surface area contributed by atoms with Gasteiger partial charge in [-0.2, -0.15) is 0 Å². The fourth-order valence-corrected chi connectivity index (χ4v) is 10.1. The molecule has 0 aliphatic carbocycles. The first-order valence-corrected chi connectivity index (χ1v) is 34.7. The van der Waals surface area contributed by atoms with Crippen LogP contribution in [-0.2, 0) is 42.2 Å². The number of unbranched alkanes of at least 4 members (excludes halogenated alkanes) is 35. The summed E-state index contributed by atoms with van der Waals surface area (Å²) in [5.74, 6) is -1.47. The molecule has 0 aromatic rings. The van der Waals surface area contributed by atoms with Crippen LogP contribution in [0.15, 0.2) is 60.8 Å². The molecule has 11 nitrogen and oxygen atoms in total. The van der Waals surface area contributed by atoms with Crippen molar-refractivity contribution in [1.82, 2.24) is 0 Å². The molecule has 0 aliphatic heterocycles. The largest absolute Gasteiger partial charge is 0.472 e. The van der Waals surface area contributed by atoms with Gasteiger partial charge >= 0.3 is 25.7 Å². The number of hydrogen-bond donors (Lipinski definition) is 2. The van der Waals surface area contributed by atoms with Crippen LogP contribution in [0.4, 0.5) is 0 Å². The number of carbonyl (C=O) groups excluding carboxylic acids is 3. The molecule has 3 atom stereocenters. The van der Waals surface area contributed by atoms with E-state index in [0.717, 1.165) is 103 Å². The van der Waals surface area contributed by atoms with E-state index in [1.807, 2.05) is 0 Å². The lowest BCUT2D eigenvalue weighted by Gasteiger charge is -2.21. The van der Waals surface area contributed by atoms with E-state index in [0.29, 0.717) is 19.3 Å². The van der Waals surface area contributed by atoms with E-state index in [1.54, 1.807) is 0 Å². The van der Waals surface area contributed by atoms with E-state index < -0.39 is 57.8 Å². The summed E-state index contributed by atoms with van der Waals surface area (Å²) in [6, 6.07) is 0. The molecule has 0 aromatic carbocycles. The molecule has 3 unspecified atom stereocenters. The first-order chi connectivity index (χ1) is 39.2. The predicted molar refractivity (Wildman–Crippen MR) is 335 cm³/mol. The topological polar surface area (TPSA) is 155 Å². The highest BCUT2D eigenvalue weighted by Crippen LogP contribution is 2.43. The number of esters is 3. The number of rotatable bonds is 62. The summed E-state index contributed by atoms with van der Waals surface area (Å²) in [4.78, 5) is 48.8. The minimum atomic E-state index is -4.76. The summed E-state index contributed by atoms with van der Waals surface area (Å²) >= 11 is 0. The predicted octanol–water partition coefficient (Wildman–Crippen LogP) is 20.3. The number of aliphatic hydroxyl groups is 1. The van der Waals surface area contributed by atoms with Gasteiger partial charge in [-0.3, -0.25) is 23.4 Å². The first-order valence-electron chi connectivity index (χ1n) is 33.2. The van der Waals surface area contributed by atoms with E-state index >= 15 is 0 Å². The second kappa shape index (κ2) is 62.2. The molecular weight excluding hydrogens is 1020 g/mol. The molecule has 0 bridgehead atoms. The van der Waals surface area contributed by atoms with Crippen molar-refractivity contribution >= 4 is 25.7 Å². The van der Waals surface area contributed by atoms with E-state index in [4.69, 9.17) is 23.3 Å². The Labute approximate surface area is 491 Å². The van der Waals surface area contributed by atoms with Gasteiger partial charge in [-0.15, -0.1) is 0 Å². The Bertz CT molecular complexity index is 1570. The molecule has 12 heteroatoms. The summed E-state index contributed by atoms with van der Waals surface area (Å²) in [7, 11) is -4.76. The highest BCUT2D eigenvalue weighted by atomic mass is 31.2. The van der Waals surface area contributed by atoms with Crippen molar-refractivity contribution in [2.24, 2.45) is 0 Å². The van der Waals surface area contributed by atoms with Gasteiger partial charge in [-0.1, -0.05) is 248 Å². The molecule has 0 radical (unpaired) electrons. The van der Waals surface area contributed by atoms with Gasteiger partial charge in [0.05, 0.1) is 19.8 Å². The zero-order valence-corrected chi connectivity index (χ0v) is 52.7. The molecule has 2 N–H and O–H groups in total. The third-order valence-corrected chi connectivity index (χ3v) is 15.3. The molecule has 0 amide bonds. The van der Waals surface area contributed by atoms with Gasteiger partial charge in [0.1, 0.15) is 12.7 Å². The normalized spacial score (nSPS) is 13.6. The van der Waals surface area contributed by atoms with Crippen LogP contribution in [-0.4, -0.2) is 66.5 Å². The summed E-state index contributed by atoms with van der Waals surface area (Å²) in [6.45, 7) is 4.63. The molecule has 80 heavy (non-hydrogen) atoms. The average molecular weight is 1150 g/mol. The lowest BCUT2D eigenvalue weighted by atomic mass is 10.1. The molecular formula is C68H123O11P. The van der Waals surface area contributed by atoms with Crippen molar-refractivity contribution in [3.8, 4) is 0 Å². The maximum absolute atomic E-state index is 13.0. The van der Waals surface area contributed by atoms with Gasteiger partial charge in [0, 0.05) is 19.3 Å². The summed E-state index contributed by atoms with van der Waals surface area (Å²) in [5, 5.41) is 9.85. The number of aliphatic hydroxyl groups excluding tert-OH is 1. The Hall–Kier alpha value is -2.82. The quantitative estimate of drug-likeness (QED) is 0.0197. The summed E-state index contributed by atoms with van der Waals surface area (Å²) in [6.07, 6.45) is 70.2. The van der Waals surface area contributed by atoms with Crippen LogP contribution in [0.2, 0.25) is 0 Å². The summed E-state index contributed by atoms with van der Waals surface area (Å²) in [5.41, 5.74) is 0. The lowest BCUT2D eigenvalue weighted by molar-refractivity contribution is -0.161. The SMILES string of the molecule is CCCCC/C=C\C/C=C\CCCCCCCCCCCC(=O)OCC(COP(=O)(O)OCC(CO)OC(=O)CCCCCCC/C=C\CCCCCCCC)OC(=O)CCCCCCCCCCC/C=C\C/C=C\CCCCC. The Morgan fingerprint density at radius 2 is 0.613 bits per heavy atom. The number of carbonyl (C=O) groups is 3. The summed E-state index contributed by atoms with van der Waals surface area (Å²) < 4.78 is 39.7. The number of allylic oxidation sites excluding steroid dienone is 10.